The molecule has 0 saturated carbocycles. The van der Waals surface area contributed by atoms with Crippen LogP contribution in [0.15, 0.2) is 60.7 Å². The number of hydrogen-bond donors (Lipinski definition) is 1. The molecule has 2 aromatic heterocycles. The van der Waals surface area contributed by atoms with Crippen molar-refractivity contribution in [2.75, 3.05) is 24.5 Å². The number of amides is 1. The second-order valence-corrected chi connectivity index (χ2v) is 10.0. The highest BCUT2D eigenvalue weighted by Crippen LogP contribution is 2.55. The highest BCUT2D eigenvalue weighted by molar-refractivity contribution is 5.79. The number of nitrogens with one attached hydrogen (secondary N) is 1. The van der Waals surface area contributed by atoms with Gasteiger partial charge in [-0.1, -0.05) is 48.5 Å². The largest absolute Gasteiger partial charge is 0.356 e. The molecular formula is C27H27N7O. The molecule has 3 heterocycles. The van der Waals surface area contributed by atoms with E-state index in [0.29, 0.717) is 23.4 Å². The quantitative estimate of drug-likeness (QED) is 0.498. The highest BCUT2D eigenvalue weighted by atomic mass is 16.1. The van der Waals surface area contributed by atoms with Gasteiger partial charge in [-0.2, -0.15) is 0 Å². The molecule has 2 bridgehead atoms. The number of aromatic nitrogens is 5. The van der Waals surface area contributed by atoms with Gasteiger partial charge in [0.1, 0.15) is 0 Å². The summed E-state index contributed by atoms with van der Waals surface area (Å²) >= 11 is 0. The number of fused-ring (bicyclic) bond motifs is 2. The Morgan fingerprint density at radius 2 is 1.60 bits per heavy atom. The van der Waals surface area contributed by atoms with Crippen molar-refractivity contribution in [3.63, 3.8) is 0 Å². The van der Waals surface area contributed by atoms with Crippen LogP contribution in [0.4, 0.5) is 5.82 Å². The fraction of sp³-hybridized carbons (Fsp3) is 0.370. The minimum Gasteiger partial charge on any atom is -0.356 e. The number of benzene rings is 2. The third-order valence-corrected chi connectivity index (χ3v) is 8.21. The molecule has 8 heteroatoms. The molecule has 4 aromatic rings. The number of hydrogen-bond acceptors (Lipinski definition) is 6. The topological polar surface area (TPSA) is 88.3 Å². The summed E-state index contributed by atoms with van der Waals surface area (Å²) < 4.78 is 1.45. The molecule has 1 saturated heterocycles. The smallest absolute Gasteiger partial charge is 0.223 e. The molecule has 1 atom stereocenters. The van der Waals surface area contributed by atoms with E-state index in [0.717, 1.165) is 44.7 Å². The van der Waals surface area contributed by atoms with Crippen LogP contribution < -0.4 is 10.2 Å². The zero-order chi connectivity index (χ0) is 23.4. The van der Waals surface area contributed by atoms with E-state index in [1.165, 1.54) is 26.9 Å². The van der Waals surface area contributed by atoms with Crippen LogP contribution in [0.25, 0.3) is 5.65 Å². The summed E-state index contributed by atoms with van der Waals surface area (Å²) in [6, 6.07) is 21.6. The third kappa shape index (κ3) is 3.38. The Morgan fingerprint density at radius 3 is 2.31 bits per heavy atom. The zero-order valence-corrected chi connectivity index (χ0v) is 19.4. The van der Waals surface area contributed by atoms with Crippen LogP contribution >= 0.6 is 0 Å². The van der Waals surface area contributed by atoms with E-state index < -0.39 is 0 Å². The van der Waals surface area contributed by atoms with Crippen molar-refractivity contribution in [1.29, 1.82) is 0 Å². The average Bonchev–Trinajstić information content (AvgIpc) is 3.40. The molecule has 1 fully saturated rings. The number of tetrazole rings is 1. The van der Waals surface area contributed by atoms with Gasteiger partial charge in [-0.3, -0.25) is 4.79 Å². The SMILES string of the molecule is O=C(NCC1CC2c3ccccc3C1c1ccccc12)C1CCN(c2ccc3nnnn3n2)CC1. The standard InChI is InChI=1S/C27H27N7O/c35-27(17-11-13-33(14-12-17)25-10-9-24-29-31-32-34(24)30-25)28-16-18-15-23-19-5-1-3-7-21(19)26(18)22-8-4-2-6-20(22)23/h1-10,17-18,23,26H,11-16H2,(H,28,35). The average molecular weight is 466 g/mol. The van der Waals surface area contributed by atoms with E-state index in [1.807, 2.05) is 12.1 Å². The van der Waals surface area contributed by atoms with Crippen LogP contribution in [-0.4, -0.2) is 50.8 Å². The molecule has 0 spiro atoms. The fourth-order valence-corrected chi connectivity index (χ4v) is 6.52. The van der Waals surface area contributed by atoms with Gasteiger partial charge in [-0.25, -0.2) is 0 Å². The molecule has 0 radical (unpaired) electrons. The van der Waals surface area contributed by atoms with Crippen LogP contribution in [0.3, 0.4) is 0 Å². The molecule has 4 aliphatic rings. The van der Waals surface area contributed by atoms with Crippen molar-refractivity contribution >= 4 is 17.4 Å². The molecular weight excluding hydrogens is 438 g/mol. The Balaban J connectivity index is 1.01. The van der Waals surface area contributed by atoms with Crippen LogP contribution in [0, 0.1) is 11.8 Å². The van der Waals surface area contributed by atoms with E-state index in [1.54, 1.807) is 0 Å². The van der Waals surface area contributed by atoms with E-state index in [2.05, 4.69) is 79.4 Å². The first-order valence-electron chi connectivity index (χ1n) is 12.5. The first-order valence-corrected chi connectivity index (χ1v) is 12.5. The van der Waals surface area contributed by atoms with Gasteiger partial charge in [-0.05, 0) is 70.0 Å². The second-order valence-electron chi connectivity index (χ2n) is 10.0. The van der Waals surface area contributed by atoms with Gasteiger partial charge < -0.3 is 10.2 Å². The second kappa shape index (κ2) is 8.15. The predicted octanol–water partition coefficient (Wildman–Crippen LogP) is 3.15. The number of rotatable bonds is 4. The number of nitrogens with zero attached hydrogens (tertiary/aromatic N) is 6. The Morgan fingerprint density at radius 1 is 0.914 bits per heavy atom. The molecule has 1 aliphatic heterocycles. The first-order chi connectivity index (χ1) is 17.3. The Bertz CT molecular complexity index is 1360. The summed E-state index contributed by atoms with van der Waals surface area (Å²) in [6.07, 6.45) is 2.75. The minimum atomic E-state index is 0.0448. The number of carbonyl (C=O) groups is 1. The molecule has 8 nitrogen and oxygen atoms in total. The van der Waals surface area contributed by atoms with Crippen molar-refractivity contribution in [3.05, 3.63) is 82.9 Å². The van der Waals surface area contributed by atoms with E-state index in [9.17, 15) is 4.79 Å². The van der Waals surface area contributed by atoms with Gasteiger partial charge in [0.15, 0.2) is 11.5 Å². The maximum atomic E-state index is 13.1. The van der Waals surface area contributed by atoms with E-state index in [-0.39, 0.29) is 11.8 Å². The van der Waals surface area contributed by atoms with Gasteiger partial charge in [0.05, 0.1) is 0 Å². The van der Waals surface area contributed by atoms with Gasteiger partial charge in [-0.15, -0.1) is 14.8 Å². The summed E-state index contributed by atoms with van der Waals surface area (Å²) in [4.78, 5) is 15.4. The van der Waals surface area contributed by atoms with Crippen LogP contribution in [0.2, 0.25) is 0 Å². The molecule has 8 rings (SSSR count). The van der Waals surface area contributed by atoms with Crippen molar-refractivity contribution < 1.29 is 4.79 Å². The van der Waals surface area contributed by atoms with E-state index in [4.69, 9.17) is 0 Å². The van der Waals surface area contributed by atoms with Crippen molar-refractivity contribution in [2.45, 2.75) is 31.1 Å². The predicted molar refractivity (Wildman–Crippen MR) is 131 cm³/mol. The molecule has 1 N–H and O–H groups in total. The van der Waals surface area contributed by atoms with Crippen LogP contribution in [0.1, 0.15) is 53.4 Å². The number of anilines is 1. The molecule has 1 amide bonds. The molecule has 35 heavy (non-hydrogen) atoms. The first kappa shape index (κ1) is 20.6. The van der Waals surface area contributed by atoms with Gasteiger partial charge in [0, 0.05) is 37.4 Å². The van der Waals surface area contributed by atoms with Gasteiger partial charge >= 0.3 is 0 Å². The monoisotopic (exact) mass is 465 g/mol. The molecule has 3 aliphatic carbocycles. The Hall–Kier alpha value is -3.81. The normalized spacial score (nSPS) is 23.2. The summed E-state index contributed by atoms with van der Waals surface area (Å²) in [6.45, 7) is 2.33. The van der Waals surface area contributed by atoms with E-state index >= 15 is 0 Å². The van der Waals surface area contributed by atoms with Crippen LogP contribution in [-0.2, 0) is 4.79 Å². The lowest BCUT2D eigenvalue weighted by molar-refractivity contribution is -0.125. The van der Waals surface area contributed by atoms with Crippen molar-refractivity contribution in [1.82, 2.24) is 30.6 Å². The maximum absolute atomic E-state index is 13.1. The lowest BCUT2D eigenvalue weighted by Gasteiger charge is -2.45. The van der Waals surface area contributed by atoms with Crippen LogP contribution in [0.5, 0.6) is 0 Å². The van der Waals surface area contributed by atoms with Crippen molar-refractivity contribution in [3.8, 4) is 0 Å². The summed E-state index contributed by atoms with van der Waals surface area (Å²) in [5, 5.41) is 19.3. The van der Waals surface area contributed by atoms with Crippen molar-refractivity contribution in [2.24, 2.45) is 11.8 Å². The zero-order valence-electron chi connectivity index (χ0n) is 19.4. The molecule has 2 aromatic carbocycles. The fourth-order valence-electron chi connectivity index (χ4n) is 6.52. The molecule has 176 valence electrons. The maximum Gasteiger partial charge on any atom is 0.223 e. The molecule has 1 unspecified atom stereocenters. The Kier molecular flexibility index (Phi) is 4.78. The lowest BCUT2D eigenvalue weighted by atomic mass is 9.59. The minimum absolute atomic E-state index is 0.0448. The summed E-state index contributed by atoms with van der Waals surface area (Å²) in [5.74, 6) is 2.31. The lowest BCUT2D eigenvalue weighted by Crippen LogP contribution is -2.44. The highest BCUT2D eigenvalue weighted by Gasteiger charge is 2.43. The van der Waals surface area contributed by atoms with Gasteiger partial charge in [0.25, 0.3) is 0 Å². The van der Waals surface area contributed by atoms with Gasteiger partial charge in [0.2, 0.25) is 5.91 Å². The number of piperidine rings is 1. The Labute approximate surface area is 203 Å². The number of carbonyl (C=O) groups excluding carboxylic acids is 1. The third-order valence-electron chi connectivity index (χ3n) is 8.21. The summed E-state index contributed by atoms with van der Waals surface area (Å²) in [7, 11) is 0. The summed E-state index contributed by atoms with van der Waals surface area (Å²) in [5.41, 5.74) is 6.47.